The molecular weight excluding hydrogens is 297 g/mol. The number of hydrogen-bond acceptors (Lipinski definition) is 5. The summed E-state index contributed by atoms with van der Waals surface area (Å²) >= 11 is 0. The van der Waals surface area contributed by atoms with Crippen LogP contribution in [0, 0.1) is 5.82 Å². The summed E-state index contributed by atoms with van der Waals surface area (Å²) in [6.07, 6.45) is 3.91. The maximum Gasteiger partial charge on any atom is 0.241 e. The van der Waals surface area contributed by atoms with Crippen molar-refractivity contribution in [3.63, 3.8) is 0 Å². The maximum absolute atomic E-state index is 13.0. The molecule has 0 saturated heterocycles. The van der Waals surface area contributed by atoms with Gasteiger partial charge in [0.15, 0.2) is 5.76 Å². The number of hydrogen-bond donors (Lipinski definition) is 0. The predicted molar refractivity (Wildman–Crippen MR) is 80.7 cm³/mol. The lowest BCUT2D eigenvalue weighted by atomic mass is 10.2. The topological polar surface area (TPSA) is 55.3 Å². The summed E-state index contributed by atoms with van der Waals surface area (Å²) in [7, 11) is 0. The van der Waals surface area contributed by atoms with Gasteiger partial charge in [0.05, 0.1) is 12.8 Å². The van der Waals surface area contributed by atoms with Crippen molar-refractivity contribution in [3.05, 3.63) is 59.9 Å². The molecule has 1 aromatic carbocycles. The van der Waals surface area contributed by atoms with Crippen LogP contribution < -0.4 is 0 Å². The van der Waals surface area contributed by atoms with Crippen LogP contribution in [0.3, 0.4) is 0 Å². The van der Waals surface area contributed by atoms with E-state index < -0.39 is 0 Å². The van der Waals surface area contributed by atoms with Crippen molar-refractivity contribution >= 4 is 0 Å². The van der Waals surface area contributed by atoms with Crippen LogP contribution in [0.4, 0.5) is 4.39 Å². The summed E-state index contributed by atoms with van der Waals surface area (Å²) in [6.45, 7) is 1.32. The molecule has 0 N–H and O–H groups in total. The fourth-order valence-electron chi connectivity index (χ4n) is 2.58. The second kappa shape index (κ2) is 5.96. The molecule has 1 aliphatic rings. The molecule has 118 valence electrons. The first-order valence-electron chi connectivity index (χ1n) is 7.63. The number of furan rings is 1. The lowest BCUT2D eigenvalue weighted by molar-refractivity contribution is 0.209. The zero-order chi connectivity index (χ0) is 15.6. The van der Waals surface area contributed by atoms with Crippen molar-refractivity contribution in [1.29, 1.82) is 0 Å². The Labute approximate surface area is 132 Å². The quantitative estimate of drug-likeness (QED) is 0.695. The molecule has 0 atom stereocenters. The Morgan fingerprint density at radius 2 is 1.96 bits per heavy atom. The Morgan fingerprint density at radius 1 is 1.13 bits per heavy atom. The average Bonchev–Trinajstić information content (AvgIpc) is 3.07. The summed E-state index contributed by atoms with van der Waals surface area (Å²) in [5.41, 5.74) is 1.07. The molecule has 23 heavy (non-hydrogen) atoms. The number of benzene rings is 1. The van der Waals surface area contributed by atoms with Crippen LogP contribution in [0.2, 0.25) is 0 Å². The molecule has 2 heterocycles. The van der Waals surface area contributed by atoms with Crippen LogP contribution in [0.25, 0.3) is 11.6 Å². The lowest BCUT2D eigenvalue weighted by Crippen LogP contribution is -2.25. The standard InChI is InChI=1S/C17H16FN3O2/c18-13-5-3-12(4-6-13)10-21(14-7-8-14)11-16-19-17(20-23-16)15-2-1-9-22-15/h1-6,9,14H,7-8,10-11H2. The van der Waals surface area contributed by atoms with E-state index in [9.17, 15) is 4.39 Å². The summed E-state index contributed by atoms with van der Waals surface area (Å²) in [5, 5.41) is 3.95. The Balaban J connectivity index is 1.47. The van der Waals surface area contributed by atoms with Crippen LogP contribution in [-0.4, -0.2) is 21.1 Å². The lowest BCUT2D eigenvalue weighted by Gasteiger charge is -2.19. The van der Waals surface area contributed by atoms with Crippen LogP contribution in [-0.2, 0) is 13.1 Å². The molecule has 0 amide bonds. The van der Waals surface area contributed by atoms with Crippen molar-refractivity contribution in [2.24, 2.45) is 0 Å². The molecular formula is C17H16FN3O2. The number of nitrogens with zero attached hydrogens (tertiary/aromatic N) is 3. The average molecular weight is 313 g/mol. The first kappa shape index (κ1) is 14.1. The van der Waals surface area contributed by atoms with Crippen LogP contribution in [0.5, 0.6) is 0 Å². The summed E-state index contributed by atoms with van der Waals surface area (Å²) < 4.78 is 23.6. The number of halogens is 1. The first-order valence-corrected chi connectivity index (χ1v) is 7.63. The van der Waals surface area contributed by atoms with Gasteiger partial charge in [0.25, 0.3) is 0 Å². The van der Waals surface area contributed by atoms with Gasteiger partial charge < -0.3 is 8.94 Å². The highest BCUT2D eigenvalue weighted by molar-refractivity contribution is 5.44. The third kappa shape index (κ3) is 3.32. The van der Waals surface area contributed by atoms with Gasteiger partial charge in [-0.2, -0.15) is 4.98 Å². The fraction of sp³-hybridized carbons (Fsp3) is 0.294. The molecule has 1 saturated carbocycles. The van der Waals surface area contributed by atoms with E-state index in [1.54, 1.807) is 18.4 Å². The smallest absolute Gasteiger partial charge is 0.241 e. The van der Waals surface area contributed by atoms with Gasteiger partial charge >= 0.3 is 0 Å². The predicted octanol–water partition coefficient (Wildman–Crippen LogP) is 3.63. The fourth-order valence-corrected chi connectivity index (χ4v) is 2.58. The third-order valence-corrected chi connectivity index (χ3v) is 3.91. The van der Waals surface area contributed by atoms with Crippen molar-refractivity contribution in [2.75, 3.05) is 0 Å². The summed E-state index contributed by atoms with van der Waals surface area (Å²) in [4.78, 5) is 6.67. The normalized spacial score (nSPS) is 14.5. The van der Waals surface area contributed by atoms with Gasteiger partial charge in [-0.25, -0.2) is 4.39 Å². The van der Waals surface area contributed by atoms with E-state index >= 15 is 0 Å². The van der Waals surface area contributed by atoms with E-state index in [1.165, 1.54) is 25.0 Å². The van der Waals surface area contributed by atoms with Crippen molar-refractivity contribution < 1.29 is 13.3 Å². The Hall–Kier alpha value is -2.47. The number of rotatable bonds is 6. The molecule has 1 fully saturated rings. The maximum atomic E-state index is 13.0. The Kier molecular flexibility index (Phi) is 3.67. The third-order valence-electron chi connectivity index (χ3n) is 3.91. The Bertz CT molecular complexity index is 764. The van der Waals surface area contributed by atoms with Gasteiger partial charge in [0.1, 0.15) is 5.82 Å². The van der Waals surface area contributed by atoms with Crippen molar-refractivity contribution in [1.82, 2.24) is 15.0 Å². The van der Waals surface area contributed by atoms with E-state index in [-0.39, 0.29) is 5.82 Å². The first-order chi connectivity index (χ1) is 11.3. The van der Waals surface area contributed by atoms with E-state index in [0.29, 0.717) is 30.1 Å². The van der Waals surface area contributed by atoms with Crippen LogP contribution >= 0.6 is 0 Å². The molecule has 1 aliphatic carbocycles. The highest BCUT2D eigenvalue weighted by Crippen LogP contribution is 2.30. The molecule has 0 radical (unpaired) electrons. The largest absolute Gasteiger partial charge is 0.461 e. The van der Waals surface area contributed by atoms with Crippen molar-refractivity contribution in [2.45, 2.75) is 32.0 Å². The molecule has 0 unspecified atom stereocenters. The highest BCUT2D eigenvalue weighted by Gasteiger charge is 2.30. The zero-order valence-electron chi connectivity index (χ0n) is 12.5. The van der Waals surface area contributed by atoms with E-state index in [0.717, 1.165) is 12.1 Å². The van der Waals surface area contributed by atoms with E-state index in [1.807, 2.05) is 12.1 Å². The minimum atomic E-state index is -0.216. The molecule has 3 aromatic rings. The van der Waals surface area contributed by atoms with E-state index in [2.05, 4.69) is 15.0 Å². The highest BCUT2D eigenvalue weighted by atomic mass is 19.1. The molecule has 6 heteroatoms. The molecule has 2 aromatic heterocycles. The second-order valence-electron chi connectivity index (χ2n) is 5.75. The van der Waals surface area contributed by atoms with Gasteiger partial charge in [-0.1, -0.05) is 17.3 Å². The minimum Gasteiger partial charge on any atom is -0.461 e. The van der Waals surface area contributed by atoms with Gasteiger partial charge in [-0.15, -0.1) is 0 Å². The monoisotopic (exact) mass is 313 g/mol. The Morgan fingerprint density at radius 3 is 2.65 bits per heavy atom. The van der Waals surface area contributed by atoms with Gasteiger partial charge in [0.2, 0.25) is 11.7 Å². The van der Waals surface area contributed by atoms with Crippen LogP contribution in [0.15, 0.2) is 51.6 Å². The molecule has 0 bridgehead atoms. The van der Waals surface area contributed by atoms with Gasteiger partial charge in [-0.05, 0) is 42.7 Å². The molecule has 0 spiro atoms. The van der Waals surface area contributed by atoms with Gasteiger partial charge in [0, 0.05) is 12.6 Å². The number of aromatic nitrogens is 2. The second-order valence-corrected chi connectivity index (χ2v) is 5.75. The molecule has 4 rings (SSSR count). The minimum absolute atomic E-state index is 0.216. The van der Waals surface area contributed by atoms with Crippen molar-refractivity contribution in [3.8, 4) is 11.6 Å². The zero-order valence-corrected chi connectivity index (χ0v) is 12.5. The van der Waals surface area contributed by atoms with Gasteiger partial charge in [-0.3, -0.25) is 4.90 Å². The summed E-state index contributed by atoms with van der Waals surface area (Å²) in [5.74, 6) is 1.40. The van der Waals surface area contributed by atoms with Crippen LogP contribution in [0.1, 0.15) is 24.3 Å². The summed E-state index contributed by atoms with van der Waals surface area (Å²) in [6, 6.07) is 10.7. The molecule has 0 aliphatic heterocycles. The SMILES string of the molecule is Fc1ccc(CN(Cc2nc(-c3ccco3)no2)C2CC2)cc1. The van der Waals surface area contributed by atoms with E-state index in [4.69, 9.17) is 8.94 Å². The molecule has 5 nitrogen and oxygen atoms in total.